The van der Waals surface area contributed by atoms with Crippen LogP contribution < -0.4 is 4.74 Å². The minimum absolute atomic E-state index is 0.422. The minimum Gasteiger partial charge on any atom is -0.451 e. The highest BCUT2D eigenvalue weighted by Gasteiger charge is 2.50. The minimum atomic E-state index is -1.57. The van der Waals surface area contributed by atoms with Crippen LogP contribution >= 0.6 is 37.0 Å². The van der Waals surface area contributed by atoms with Gasteiger partial charge in [-0.1, -0.05) is 11.8 Å². The fourth-order valence-corrected chi connectivity index (χ4v) is 2.97. The lowest BCUT2D eigenvalue weighted by molar-refractivity contribution is -0.121. The predicted octanol–water partition coefficient (Wildman–Crippen LogP) is 1.92. The number of carbonyl (C=O) groups is 1. The van der Waals surface area contributed by atoms with E-state index in [0.29, 0.717) is 16.2 Å². The van der Waals surface area contributed by atoms with E-state index in [1.54, 1.807) is 24.5 Å². The molecule has 1 heterocycles. The Hall–Kier alpha value is -0.300. The zero-order valence-corrected chi connectivity index (χ0v) is 11.0. The number of thioether (sulfide) groups is 1. The first-order chi connectivity index (χ1) is 7.48. The Morgan fingerprint density at radius 3 is 2.88 bits per heavy atom. The molecule has 2 atom stereocenters. The third-order valence-corrected chi connectivity index (χ3v) is 3.91. The molecular formula is C10H10O3S3. The van der Waals surface area contributed by atoms with E-state index >= 15 is 0 Å². The molecule has 0 amide bonds. The molecule has 0 spiro atoms. The Kier molecular flexibility index (Phi) is 3.18. The van der Waals surface area contributed by atoms with E-state index in [1.807, 2.05) is 0 Å². The Balaban J connectivity index is 2.55. The third-order valence-electron chi connectivity index (χ3n) is 2.46. The number of hydrogen-bond acceptors (Lipinski definition) is 5. The second-order valence-corrected chi connectivity index (χ2v) is 5.38. The SMILES string of the molecule is CSC1(O)Oc2ccc(S)cc2C1C(=O)S. The molecular weight excluding hydrogens is 264 g/mol. The van der Waals surface area contributed by atoms with Gasteiger partial charge in [-0.3, -0.25) is 4.79 Å². The van der Waals surface area contributed by atoms with Crippen molar-refractivity contribution in [3.63, 3.8) is 0 Å². The van der Waals surface area contributed by atoms with Crippen LogP contribution in [0.4, 0.5) is 0 Å². The fraction of sp³-hybridized carbons (Fsp3) is 0.300. The number of fused-ring (bicyclic) bond motifs is 1. The van der Waals surface area contributed by atoms with E-state index in [9.17, 15) is 9.90 Å². The summed E-state index contributed by atoms with van der Waals surface area (Å²) < 4.78 is 5.39. The number of rotatable bonds is 2. The van der Waals surface area contributed by atoms with Crippen molar-refractivity contribution in [3.05, 3.63) is 23.8 Å². The smallest absolute Gasteiger partial charge is 0.272 e. The van der Waals surface area contributed by atoms with Gasteiger partial charge in [0.25, 0.3) is 5.12 Å². The Labute approximate surface area is 108 Å². The van der Waals surface area contributed by atoms with Gasteiger partial charge in [0.1, 0.15) is 11.7 Å². The van der Waals surface area contributed by atoms with Crippen LogP contribution in [0.25, 0.3) is 0 Å². The monoisotopic (exact) mass is 274 g/mol. The molecule has 86 valence electrons. The quantitative estimate of drug-likeness (QED) is 0.569. The Morgan fingerprint density at radius 1 is 1.62 bits per heavy atom. The van der Waals surface area contributed by atoms with Crippen molar-refractivity contribution in [2.75, 3.05) is 6.26 Å². The average molecular weight is 274 g/mol. The predicted molar refractivity (Wildman–Crippen MR) is 69.5 cm³/mol. The van der Waals surface area contributed by atoms with Crippen LogP contribution in [-0.2, 0) is 4.79 Å². The van der Waals surface area contributed by atoms with Crippen LogP contribution in [-0.4, -0.2) is 21.6 Å². The van der Waals surface area contributed by atoms with Gasteiger partial charge in [-0.25, -0.2) is 0 Å². The molecule has 0 saturated carbocycles. The van der Waals surface area contributed by atoms with Crippen molar-refractivity contribution in [1.29, 1.82) is 0 Å². The van der Waals surface area contributed by atoms with Crippen molar-refractivity contribution < 1.29 is 14.6 Å². The molecule has 2 unspecified atom stereocenters. The van der Waals surface area contributed by atoms with Crippen molar-refractivity contribution in [1.82, 2.24) is 0 Å². The summed E-state index contributed by atoms with van der Waals surface area (Å²) in [7, 11) is 0. The van der Waals surface area contributed by atoms with Gasteiger partial charge in [-0.15, -0.1) is 25.3 Å². The Bertz CT molecular complexity index is 449. The normalized spacial score (nSPS) is 27.4. The number of carbonyl (C=O) groups excluding carboxylic acids is 1. The summed E-state index contributed by atoms with van der Waals surface area (Å²) in [4.78, 5) is 12.2. The van der Waals surface area contributed by atoms with Gasteiger partial charge in [0.05, 0.1) is 0 Å². The third kappa shape index (κ3) is 1.84. The summed E-state index contributed by atoms with van der Waals surface area (Å²) >= 11 is 9.07. The molecule has 1 aromatic rings. The van der Waals surface area contributed by atoms with E-state index in [1.165, 1.54) is 0 Å². The van der Waals surface area contributed by atoms with Gasteiger partial charge in [0.2, 0.25) is 5.12 Å². The topological polar surface area (TPSA) is 46.5 Å². The van der Waals surface area contributed by atoms with Gasteiger partial charge in [-0.2, -0.15) is 0 Å². The second-order valence-electron chi connectivity index (χ2n) is 3.43. The molecule has 6 heteroatoms. The second kappa shape index (κ2) is 4.18. The zero-order valence-electron chi connectivity index (χ0n) is 8.38. The van der Waals surface area contributed by atoms with Crippen LogP contribution in [0, 0.1) is 0 Å². The van der Waals surface area contributed by atoms with Crippen LogP contribution in [0.15, 0.2) is 23.1 Å². The van der Waals surface area contributed by atoms with E-state index in [-0.39, 0.29) is 0 Å². The lowest BCUT2D eigenvalue weighted by Crippen LogP contribution is -2.36. The first-order valence-electron chi connectivity index (χ1n) is 4.50. The molecule has 2 rings (SSSR count). The number of ether oxygens (including phenoxy) is 1. The molecule has 1 N–H and O–H groups in total. The molecule has 3 nitrogen and oxygen atoms in total. The van der Waals surface area contributed by atoms with Crippen molar-refractivity contribution in [2.45, 2.75) is 15.9 Å². The number of benzene rings is 1. The first kappa shape index (κ1) is 12.2. The van der Waals surface area contributed by atoms with Gasteiger partial charge in [0, 0.05) is 10.5 Å². The summed E-state index contributed by atoms with van der Waals surface area (Å²) in [5.41, 5.74) is 0.629. The van der Waals surface area contributed by atoms with Crippen molar-refractivity contribution >= 4 is 42.1 Å². The molecule has 0 radical (unpaired) electrons. The largest absolute Gasteiger partial charge is 0.451 e. The highest BCUT2D eigenvalue weighted by atomic mass is 32.2. The summed E-state index contributed by atoms with van der Waals surface area (Å²) in [5, 5.41) is 8.20. The molecule has 0 aromatic heterocycles. The van der Waals surface area contributed by atoms with Crippen LogP contribution in [0.2, 0.25) is 0 Å². The van der Waals surface area contributed by atoms with Crippen molar-refractivity contribution in [3.8, 4) is 5.75 Å². The summed E-state index contributed by atoms with van der Waals surface area (Å²) in [6, 6.07) is 5.15. The number of thiol groups is 2. The molecule has 16 heavy (non-hydrogen) atoms. The molecule has 1 aliphatic heterocycles. The Morgan fingerprint density at radius 2 is 2.31 bits per heavy atom. The summed E-state index contributed by atoms with van der Waals surface area (Å²) in [6.07, 6.45) is 1.68. The van der Waals surface area contributed by atoms with E-state index in [4.69, 9.17) is 4.74 Å². The van der Waals surface area contributed by atoms with Crippen LogP contribution in [0.1, 0.15) is 11.5 Å². The van der Waals surface area contributed by atoms with Gasteiger partial charge < -0.3 is 9.84 Å². The lowest BCUT2D eigenvalue weighted by atomic mass is 10.0. The molecule has 0 aliphatic carbocycles. The number of hydrogen-bond donors (Lipinski definition) is 3. The highest BCUT2D eigenvalue weighted by Crippen LogP contribution is 2.49. The zero-order chi connectivity index (χ0) is 11.9. The van der Waals surface area contributed by atoms with Gasteiger partial charge in [-0.05, 0) is 24.5 Å². The molecule has 0 saturated heterocycles. The maximum absolute atomic E-state index is 11.5. The summed E-state index contributed by atoms with van der Waals surface area (Å²) in [5.74, 6) is -0.282. The van der Waals surface area contributed by atoms with E-state index in [2.05, 4.69) is 25.3 Å². The van der Waals surface area contributed by atoms with Crippen molar-refractivity contribution in [2.24, 2.45) is 0 Å². The molecule has 0 fully saturated rings. The summed E-state index contributed by atoms with van der Waals surface area (Å²) in [6.45, 7) is 0. The van der Waals surface area contributed by atoms with E-state index in [0.717, 1.165) is 11.8 Å². The number of aliphatic hydroxyl groups is 1. The van der Waals surface area contributed by atoms with Crippen LogP contribution in [0.3, 0.4) is 0 Å². The maximum atomic E-state index is 11.5. The molecule has 0 bridgehead atoms. The van der Waals surface area contributed by atoms with Gasteiger partial charge in [0.15, 0.2) is 0 Å². The first-order valence-corrected chi connectivity index (χ1v) is 6.62. The van der Waals surface area contributed by atoms with Crippen LogP contribution in [0.5, 0.6) is 5.75 Å². The maximum Gasteiger partial charge on any atom is 0.272 e. The standard InChI is InChI=1S/C10H10O3S3/c1-16-10(12)8(9(11)15)6-4-5(14)2-3-7(6)13-10/h2-4,8,12,14H,1H3,(H,11,15). The molecule has 1 aromatic carbocycles. The fourth-order valence-electron chi connectivity index (χ4n) is 1.72. The lowest BCUT2D eigenvalue weighted by Gasteiger charge is -2.24. The molecule has 1 aliphatic rings. The average Bonchev–Trinajstić information content (AvgIpc) is 2.50. The van der Waals surface area contributed by atoms with Gasteiger partial charge >= 0.3 is 0 Å². The highest BCUT2D eigenvalue weighted by molar-refractivity contribution is 8.00. The van der Waals surface area contributed by atoms with E-state index < -0.39 is 16.2 Å².